The van der Waals surface area contributed by atoms with Gasteiger partial charge in [0.05, 0.1) is 27.2 Å². The summed E-state index contributed by atoms with van der Waals surface area (Å²) in [6.45, 7) is 0.826. The molecule has 5 heteroatoms. The average Bonchev–Trinajstić information content (AvgIpc) is 2.61. The molecule has 0 aromatic heterocycles. The van der Waals surface area contributed by atoms with Crippen LogP contribution in [0.2, 0.25) is 0 Å². The number of amides is 1. The van der Waals surface area contributed by atoms with Crippen molar-refractivity contribution in [3.05, 3.63) is 54.1 Å². The van der Waals surface area contributed by atoms with Gasteiger partial charge in [0.25, 0.3) is 0 Å². The smallest absolute Gasteiger partial charge is 0.223 e. The molecule has 0 heterocycles. The first-order chi connectivity index (χ1) is 11.2. The van der Waals surface area contributed by atoms with E-state index in [0.29, 0.717) is 25.3 Å². The van der Waals surface area contributed by atoms with Crippen molar-refractivity contribution in [1.82, 2.24) is 5.32 Å². The Morgan fingerprint density at radius 2 is 1.39 bits per heavy atom. The molecule has 2 aromatic carbocycles. The van der Waals surface area contributed by atoms with Crippen LogP contribution in [0.15, 0.2) is 48.5 Å². The van der Waals surface area contributed by atoms with Gasteiger partial charge in [0.1, 0.15) is 17.2 Å². The molecule has 0 fully saturated rings. The summed E-state index contributed by atoms with van der Waals surface area (Å²) in [5, 5.41) is 2.86. The van der Waals surface area contributed by atoms with Gasteiger partial charge < -0.3 is 19.5 Å². The number of ether oxygens (including phenoxy) is 3. The Labute approximate surface area is 136 Å². The van der Waals surface area contributed by atoms with E-state index in [9.17, 15) is 4.79 Å². The molecule has 1 N–H and O–H groups in total. The molecule has 0 radical (unpaired) electrons. The largest absolute Gasteiger partial charge is 0.497 e. The SMILES string of the molecule is COc1ccc(CNC(=O)CCOc2ccc(OC)cc2)cc1. The van der Waals surface area contributed by atoms with Crippen molar-refractivity contribution in [2.75, 3.05) is 20.8 Å². The zero-order valence-electron chi connectivity index (χ0n) is 13.4. The van der Waals surface area contributed by atoms with Gasteiger partial charge in [-0.25, -0.2) is 0 Å². The van der Waals surface area contributed by atoms with Crippen LogP contribution in [-0.2, 0) is 11.3 Å². The van der Waals surface area contributed by atoms with E-state index >= 15 is 0 Å². The van der Waals surface area contributed by atoms with Crippen LogP contribution in [-0.4, -0.2) is 26.7 Å². The molecule has 5 nitrogen and oxygen atoms in total. The summed E-state index contributed by atoms with van der Waals surface area (Å²) < 4.78 is 15.7. The summed E-state index contributed by atoms with van der Waals surface area (Å²) in [4.78, 5) is 11.8. The van der Waals surface area contributed by atoms with Crippen molar-refractivity contribution in [3.8, 4) is 17.2 Å². The maximum Gasteiger partial charge on any atom is 0.223 e. The molecule has 122 valence electrons. The molecule has 0 aliphatic rings. The minimum Gasteiger partial charge on any atom is -0.497 e. The molecule has 2 aromatic rings. The lowest BCUT2D eigenvalue weighted by Gasteiger charge is -2.08. The second kappa shape index (κ2) is 8.68. The van der Waals surface area contributed by atoms with Crippen LogP contribution in [0.5, 0.6) is 17.2 Å². The van der Waals surface area contributed by atoms with E-state index in [0.717, 1.165) is 17.1 Å². The normalized spacial score (nSPS) is 10.0. The maximum absolute atomic E-state index is 11.8. The van der Waals surface area contributed by atoms with Gasteiger partial charge >= 0.3 is 0 Å². The predicted molar refractivity (Wildman–Crippen MR) is 87.9 cm³/mol. The molecule has 0 aliphatic heterocycles. The van der Waals surface area contributed by atoms with E-state index in [1.54, 1.807) is 14.2 Å². The summed E-state index contributed by atoms with van der Waals surface area (Å²) in [7, 11) is 3.24. The van der Waals surface area contributed by atoms with Crippen LogP contribution in [0.1, 0.15) is 12.0 Å². The van der Waals surface area contributed by atoms with Crippen LogP contribution in [0.25, 0.3) is 0 Å². The molecule has 1 amide bonds. The molecule has 0 atom stereocenters. The number of carbonyl (C=O) groups excluding carboxylic acids is 1. The highest BCUT2D eigenvalue weighted by Crippen LogP contribution is 2.17. The van der Waals surface area contributed by atoms with Crippen molar-refractivity contribution in [1.29, 1.82) is 0 Å². The molecular weight excluding hydrogens is 294 g/mol. The predicted octanol–water partition coefficient (Wildman–Crippen LogP) is 2.79. The zero-order chi connectivity index (χ0) is 16.5. The lowest BCUT2D eigenvalue weighted by Crippen LogP contribution is -2.24. The van der Waals surface area contributed by atoms with Crippen LogP contribution < -0.4 is 19.5 Å². The molecule has 0 saturated carbocycles. The van der Waals surface area contributed by atoms with Crippen molar-refractivity contribution >= 4 is 5.91 Å². The van der Waals surface area contributed by atoms with Gasteiger partial charge in [-0.1, -0.05) is 12.1 Å². The number of hydrogen-bond acceptors (Lipinski definition) is 4. The first-order valence-corrected chi connectivity index (χ1v) is 7.38. The van der Waals surface area contributed by atoms with Crippen molar-refractivity contribution in [3.63, 3.8) is 0 Å². The first kappa shape index (κ1) is 16.7. The Bertz CT molecular complexity index is 608. The van der Waals surface area contributed by atoms with E-state index in [1.807, 2.05) is 48.5 Å². The monoisotopic (exact) mass is 315 g/mol. The fraction of sp³-hybridized carbons (Fsp3) is 0.278. The van der Waals surface area contributed by atoms with Gasteiger partial charge in [0.15, 0.2) is 0 Å². The molecule has 0 bridgehead atoms. The summed E-state index contributed by atoms with van der Waals surface area (Å²) >= 11 is 0. The molecule has 0 unspecified atom stereocenters. The molecule has 0 saturated heterocycles. The zero-order valence-corrected chi connectivity index (χ0v) is 13.4. The second-order valence-corrected chi connectivity index (χ2v) is 4.90. The summed E-state index contributed by atoms with van der Waals surface area (Å²) in [6.07, 6.45) is 0.308. The number of benzene rings is 2. The Morgan fingerprint density at radius 1 is 0.870 bits per heavy atom. The van der Waals surface area contributed by atoms with Gasteiger partial charge in [-0.15, -0.1) is 0 Å². The topological polar surface area (TPSA) is 56.8 Å². The highest BCUT2D eigenvalue weighted by Gasteiger charge is 2.03. The lowest BCUT2D eigenvalue weighted by atomic mass is 10.2. The van der Waals surface area contributed by atoms with E-state index in [1.165, 1.54) is 0 Å². The van der Waals surface area contributed by atoms with E-state index in [4.69, 9.17) is 14.2 Å². The second-order valence-electron chi connectivity index (χ2n) is 4.90. The van der Waals surface area contributed by atoms with Crippen LogP contribution in [0.3, 0.4) is 0 Å². The fourth-order valence-corrected chi connectivity index (χ4v) is 1.97. The molecule has 23 heavy (non-hydrogen) atoms. The first-order valence-electron chi connectivity index (χ1n) is 7.38. The van der Waals surface area contributed by atoms with Crippen molar-refractivity contribution < 1.29 is 19.0 Å². The highest BCUT2D eigenvalue weighted by atomic mass is 16.5. The third kappa shape index (κ3) is 5.54. The third-order valence-corrected chi connectivity index (χ3v) is 3.31. The fourth-order valence-electron chi connectivity index (χ4n) is 1.97. The Hall–Kier alpha value is -2.69. The molecule has 0 spiro atoms. The standard InChI is InChI=1S/C18H21NO4/c1-21-15-5-3-14(4-6-15)13-19-18(20)11-12-23-17-9-7-16(22-2)8-10-17/h3-10H,11-13H2,1-2H3,(H,19,20). The van der Waals surface area contributed by atoms with Crippen LogP contribution in [0, 0.1) is 0 Å². The van der Waals surface area contributed by atoms with E-state index in [-0.39, 0.29) is 5.91 Å². The minimum atomic E-state index is -0.0469. The van der Waals surface area contributed by atoms with E-state index in [2.05, 4.69) is 5.32 Å². The number of carbonyl (C=O) groups is 1. The Balaban J connectivity index is 1.67. The third-order valence-electron chi connectivity index (χ3n) is 3.31. The molecule has 0 aliphatic carbocycles. The minimum absolute atomic E-state index is 0.0469. The summed E-state index contributed by atoms with van der Waals surface area (Å²) in [5.74, 6) is 2.24. The summed E-state index contributed by atoms with van der Waals surface area (Å²) in [5.41, 5.74) is 1.02. The Morgan fingerprint density at radius 3 is 1.96 bits per heavy atom. The van der Waals surface area contributed by atoms with Gasteiger partial charge in [-0.05, 0) is 42.0 Å². The molecule has 2 rings (SSSR count). The van der Waals surface area contributed by atoms with Gasteiger partial charge in [0, 0.05) is 6.54 Å². The number of rotatable bonds is 8. The van der Waals surface area contributed by atoms with Gasteiger partial charge in [-0.3, -0.25) is 4.79 Å². The van der Waals surface area contributed by atoms with E-state index < -0.39 is 0 Å². The number of methoxy groups -OCH3 is 2. The van der Waals surface area contributed by atoms with Crippen molar-refractivity contribution in [2.45, 2.75) is 13.0 Å². The van der Waals surface area contributed by atoms with Crippen LogP contribution in [0.4, 0.5) is 0 Å². The number of nitrogens with one attached hydrogen (secondary N) is 1. The Kier molecular flexibility index (Phi) is 6.29. The lowest BCUT2D eigenvalue weighted by molar-refractivity contribution is -0.121. The average molecular weight is 315 g/mol. The quantitative estimate of drug-likeness (QED) is 0.814. The van der Waals surface area contributed by atoms with Gasteiger partial charge in [0.2, 0.25) is 5.91 Å². The molecular formula is C18H21NO4. The van der Waals surface area contributed by atoms with Crippen molar-refractivity contribution in [2.24, 2.45) is 0 Å². The number of hydrogen-bond donors (Lipinski definition) is 1. The maximum atomic E-state index is 11.8. The highest BCUT2D eigenvalue weighted by molar-refractivity contribution is 5.76. The van der Waals surface area contributed by atoms with Crippen LogP contribution >= 0.6 is 0 Å². The summed E-state index contributed by atoms with van der Waals surface area (Å²) in [6, 6.07) is 14.9. The van der Waals surface area contributed by atoms with Gasteiger partial charge in [-0.2, -0.15) is 0 Å².